The molecule has 1 amide bonds. The third kappa shape index (κ3) is 2.68. The third-order valence-electron chi connectivity index (χ3n) is 4.95. The maximum atomic E-state index is 13.1. The van der Waals surface area contributed by atoms with Gasteiger partial charge in [-0.3, -0.25) is 4.79 Å². The molecule has 0 saturated heterocycles. The average molecular weight is 310 g/mol. The van der Waals surface area contributed by atoms with Crippen LogP contribution < -0.4 is 5.73 Å². The highest BCUT2D eigenvalue weighted by atomic mass is 16.3. The van der Waals surface area contributed by atoms with Crippen LogP contribution in [-0.4, -0.2) is 16.8 Å². The van der Waals surface area contributed by atoms with Crippen molar-refractivity contribution >= 4 is 5.91 Å². The third-order valence-corrected chi connectivity index (χ3v) is 4.95. The van der Waals surface area contributed by atoms with Crippen LogP contribution in [0.4, 0.5) is 0 Å². The average Bonchev–Trinajstić information content (AvgIpc) is 3.30. The van der Waals surface area contributed by atoms with Gasteiger partial charge in [-0.1, -0.05) is 24.3 Å². The number of furan rings is 1. The summed E-state index contributed by atoms with van der Waals surface area (Å²) in [5, 5.41) is 0. The van der Waals surface area contributed by atoms with Crippen molar-refractivity contribution in [2.24, 2.45) is 5.73 Å². The highest BCUT2D eigenvalue weighted by Crippen LogP contribution is 2.41. The standard InChI is InChI=1S/C19H22N2O2/c20-11-16-10-14(12-23-16)19(22)21(15-8-9-15)18-7-3-5-13-4-1-2-6-17(13)18/h1-2,4,6,10,12,15,18H,3,5,7-9,11,20H2. The van der Waals surface area contributed by atoms with Crippen molar-refractivity contribution in [2.75, 3.05) is 0 Å². The van der Waals surface area contributed by atoms with Gasteiger partial charge in [0.05, 0.1) is 18.2 Å². The zero-order chi connectivity index (χ0) is 15.8. The van der Waals surface area contributed by atoms with E-state index in [9.17, 15) is 4.79 Å². The Balaban J connectivity index is 1.68. The number of carbonyl (C=O) groups excluding carboxylic acids is 1. The molecular weight excluding hydrogens is 288 g/mol. The van der Waals surface area contributed by atoms with E-state index in [4.69, 9.17) is 10.2 Å². The van der Waals surface area contributed by atoms with Gasteiger partial charge in [-0.05, 0) is 49.3 Å². The zero-order valence-electron chi connectivity index (χ0n) is 13.2. The molecule has 2 aromatic rings. The molecule has 120 valence electrons. The molecule has 23 heavy (non-hydrogen) atoms. The van der Waals surface area contributed by atoms with Gasteiger partial charge in [-0.15, -0.1) is 0 Å². The highest BCUT2D eigenvalue weighted by molar-refractivity contribution is 5.94. The topological polar surface area (TPSA) is 59.5 Å². The molecule has 1 aromatic heterocycles. The van der Waals surface area contributed by atoms with E-state index >= 15 is 0 Å². The minimum atomic E-state index is 0.0812. The number of amides is 1. The Bertz CT molecular complexity index is 718. The van der Waals surface area contributed by atoms with E-state index in [1.165, 1.54) is 11.1 Å². The van der Waals surface area contributed by atoms with Gasteiger partial charge in [0, 0.05) is 6.04 Å². The second kappa shape index (κ2) is 5.85. The molecule has 1 unspecified atom stereocenters. The molecule has 1 heterocycles. The summed E-state index contributed by atoms with van der Waals surface area (Å²) in [6, 6.07) is 10.9. The van der Waals surface area contributed by atoms with Crippen molar-refractivity contribution < 1.29 is 9.21 Å². The van der Waals surface area contributed by atoms with Crippen molar-refractivity contribution in [1.82, 2.24) is 4.90 Å². The number of benzene rings is 1. The predicted octanol–water partition coefficient (Wildman–Crippen LogP) is 3.42. The Kier molecular flexibility index (Phi) is 3.69. The van der Waals surface area contributed by atoms with Crippen molar-refractivity contribution in [3.8, 4) is 0 Å². The lowest BCUT2D eigenvalue weighted by Crippen LogP contribution is -2.38. The van der Waals surface area contributed by atoms with Crippen LogP contribution in [0.3, 0.4) is 0 Å². The van der Waals surface area contributed by atoms with Crippen LogP contribution in [0.15, 0.2) is 41.0 Å². The van der Waals surface area contributed by atoms with Crippen molar-refractivity contribution in [1.29, 1.82) is 0 Å². The molecular formula is C19H22N2O2. The van der Waals surface area contributed by atoms with E-state index in [-0.39, 0.29) is 11.9 Å². The van der Waals surface area contributed by atoms with Gasteiger partial charge in [-0.25, -0.2) is 0 Å². The first-order valence-electron chi connectivity index (χ1n) is 8.46. The number of aryl methyl sites for hydroxylation is 1. The summed E-state index contributed by atoms with van der Waals surface area (Å²) >= 11 is 0. The highest BCUT2D eigenvalue weighted by Gasteiger charge is 2.40. The Hall–Kier alpha value is -2.07. The summed E-state index contributed by atoms with van der Waals surface area (Å²) in [6.45, 7) is 0.322. The van der Waals surface area contributed by atoms with Crippen molar-refractivity contribution in [2.45, 2.75) is 50.7 Å². The molecule has 0 bridgehead atoms. The van der Waals surface area contributed by atoms with Crippen LogP contribution in [0.2, 0.25) is 0 Å². The van der Waals surface area contributed by atoms with Gasteiger partial charge in [0.15, 0.2) is 0 Å². The van der Waals surface area contributed by atoms with Gasteiger partial charge in [-0.2, -0.15) is 0 Å². The second-order valence-electron chi connectivity index (χ2n) is 6.56. The summed E-state index contributed by atoms with van der Waals surface area (Å²) in [4.78, 5) is 15.2. The summed E-state index contributed by atoms with van der Waals surface area (Å²) in [5.74, 6) is 0.741. The Labute approximate surface area is 136 Å². The van der Waals surface area contributed by atoms with Gasteiger partial charge < -0.3 is 15.1 Å². The van der Waals surface area contributed by atoms with Crippen LogP contribution in [-0.2, 0) is 13.0 Å². The zero-order valence-corrected chi connectivity index (χ0v) is 13.2. The molecule has 0 spiro atoms. The number of rotatable bonds is 4. The maximum absolute atomic E-state index is 13.1. The van der Waals surface area contributed by atoms with E-state index in [1.54, 1.807) is 12.3 Å². The van der Waals surface area contributed by atoms with E-state index in [0.717, 1.165) is 32.1 Å². The molecule has 2 aliphatic carbocycles. The van der Waals surface area contributed by atoms with Crippen LogP contribution in [0.5, 0.6) is 0 Å². The molecule has 1 aromatic carbocycles. The largest absolute Gasteiger partial charge is 0.467 e. The number of nitrogens with two attached hydrogens (primary N) is 1. The lowest BCUT2D eigenvalue weighted by atomic mass is 9.86. The Morgan fingerprint density at radius 1 is 1.26 bits per heavy atom. The molecule has 4 heteroatoms. The normalized spacial score (nSPS) is 20.1. The van der Waals surface area contributed by atoms with E-state index in [1.807, 2.05) is 0 Å². The minimum absolute atomic E-state index is 0.0812. The SMILES string of the molecule is NCc1cc(C(=O)N(C2CC2)C2CCCc3ccccc32)co1. The first-order valence-corrected chi connectivity index (χ1v) is 8.46. The Morgan fingerprint density at radius 3 is 2.83 bits per heavy atom. The Morgan fingerprint density at radius 2 is 2.09 bits per heavy atom. The lowest BCUT2D eigenvalue weighted by Gasteiger charge is -2.36. The number of carbonyl (C=O) groups is 1. The molecule has 2 N–H and O–H groups in total. The predicted molar refractivity (Wildman–Crippen MR) is 87.9 cm³/mol. The summed E-state index contributed by atoms with van der Waals surface area (Å²) in [7, 11) is 0. The second-order valence-corrected chi connectivity index (χ2v) is 6.56. The number of nitrogens with zero attached hydrogens (tertiary/aromatic N) is 1. The van der Waals surface area contributed by atoms with Crippen LogP contribution in [0.25, 0.3) is 0 Å². The fraction of sp³-hybridized carbons (Fsp3) is 0.421. The summed E-state index contributed by atoms with van der Waals surface area (Å²) in [6.07, 6.45) is 7.05. The number of hydrogen-bond donors (Lipinski definition) is 1. The van der Waals surface area contributed by atoms with Crippen molar-refractivity contribution in [3.63, 3.8) is 0 Å². The van der Waals surface area contributed by atoms with Crippen LogP contribution in [0.1, 0.15) is 59.0 Å². The molecule has 1 fully saturated rings. The summed E-state index contributed by atoms with van der Waals surface area (Å²) in [5.41, 5.74) is 8.93. The van der Waals surface area contributed by atoms with Gasteiger partial charge in [0.25, 0.3) is 5.91 Å². The summed E-state index contributed by atoms with van der Waals surface area (Å²) < 4.78 is 5.37. The monoisotopic (exact) mass is 310 g/mol. The van der Waals surface area contributed by atoms with Crippen LogP contribution >= 0.6 is 0 Å². The fourth-order valence-electron chi connectivity index (χ4n) is 3.68. The first kappa shape index (κ1) is 14.5. The minimum Gasteiger partial charge on any atom is -0.467 e. The quantitative estimate of drug-likeness (QED) is 0.941. The lowest BCUT2D eigenvalue weighted by molar-refractivity contribution is 0.0637. The maximum Gasteiger partial charge on any atom is 0.257 e. The van der Waals surface area contributed by atoms with Gasteiger partial charge in [0.1, 0.15) is 12.0 Å². The number of fused-ring (bicyclic) bond motifs is 1. The first-order chi connectivity index (χ1) is 11.3. The van der Waals surface area contributed by atoms with Gasteiger partial charge >= 0.3 is 0 Å². The molecule has 1 atom stereocenters. The smallest absolute Gasteiger partial charge is 0.257 e. The fourth-order valence-corrected chi connectivity index (χ4v) is 3.68. The van der Waals surface area contributed by atoms with Gasteiger partial charge in [0.2, 0.25) is 0 Å². The van der Waals surface area contributed by atoms with E-state index in [2.05, 4.69) is 29.2 Å². The van der Waals surface area contributed by atoms with E-state index < -0.39 is 0 Å². The molecule has 0 aliphatic heterocycles. The van der Waals surface area contributed by atoms with Crippen molar-refractivity contribution in [3.05, 3.63) is 59.0 Å². The molecule has 4 nitrogen and oxygen atoms in total. The molecule has 2 aliphatic rings. The van der Waals surface area contributed by atoms with E-state index in [0.29, 0.717) is 23.9 Å². The number of hydrogen-bond acceptors (Lipinski definition) is 3. The molecule has 0 radical (unpaired) electrons. The molecule has 1 saturated carbocycles. The molecule has 4 rings (SSSR count). The van der Waals surface area contributed by atoms with Crippen LogP contribution in [0, 0.1) is 0 Å².